The smallest absolute Gasteiger partial charge is 0.162 e. The summed E-state index contributed by atoms with van der Waals surface area (Å²) in [4.78, 5) is 0. The van der Waals surface area contributed by atoms with Gasteiger partial charge in [0.2, 0.25) is 0 Å². The van der Waals surface area contributed by atoms with Crippen molar-refractivity contribution in [3.63, 3.8) is 0 Å². The Bertz CT molecular complexity index is 1090. The standard InChI is InChI=1S/C23H16BrClFNO2/c1-28-22-11-17(9-18(13-27)16-3-2-4-19(25)10-16)21(24)12-23(22)29-14-15-5-7-20(26)8-6-15/h2-12H,14H2,1H3. The minimum Gasteiger partial charge on any atom is -0.493 e. The zero-order valence-electron chi connectivity index (χ0n) is 15.5. The van der Waals surface area contributed by atoms with Gasteiger partial charge in [0.05, 0.1) is 18.8 Å². The number of methoxy groups -OCH3 is 1. The Morgan fingerprint density at radius 3 is 2.55 bits per heavy atom. The summed E-state index contributed by atoms with van der Waals surface area (Å²) in [6, 6.07) is 19.0. The van der Waals surface area contributed by atoms with E-state index in [1.807, 2.05) is 6.07 Å². The zero-order chi connectivity index (χ0) is 20.8. The molecule has 3 aromatic rings. The number of hydrogen-bond donors (Lipinski definition) is 0. The Morgan fingerprint density at radius 1 is 1.14 bits per heavy atom. The van der Waals surface area contributed by atoms with Gasteiger partial charge in [-0.1, -0.05) is 51.8 Å². The van der Waals surface area contributed by atoms with Crippen LogP contribution in [0.3, 0.4) is 0 Å². The number of ether oxygens (including phenoxy) is 2. The van der Waals surface area contributed by atoms with Gasteiger partial charge >= 0.3 is 0 Å². The first kappa shape index (κ1) is 20.9. The first-order chi connectivity index (χ1) is 14.0. The Labute approximate surface area is 182 Å². The maximum Gasteiger partial charge on any atom is 0.162 e. The van der Waals surface area contributed by atoms with E-state index >= 15 is 0 Å². The molecule has 0 atom stereocenters. The molecule has 146 valence electrons. The maximum absolute atomic E-state index is 13.0. The molecule has 0 aliphatic heterocycles. The highest BCUT2D eigenvalue weighted by Crippen LogP contribution is 2.36. The summed E-state index contributed by atoms with van der Waals surface area (Å²) >= 11 is 9.57. The number of nitrogens with zero attached hydrogens (tertiary/aromatic N) is 1. The molecule has 0 amide bonds. The van der Waals surface area contributed by atoms with Gasteiger partial charge < -0.3 is 9.47 Å². The quantitative estimate of drug-likeness (QED) is 0.290. The summed E-state index contributed by atoms with van der Waals surface area (Å²) in [7, 11) is 1.55. The molecule has 6 heteroatoms. The van der Waals surface area contributed by atoms with Gasteiger partial charge in [-0.25, -0.2) is 4.39 Å². The summed E-state index contributed by atoms with van der Waals surface area (Å²) in [6.07, 6.45) is 1.75. The predicted molar refractivity (Wildman–Crippen MR) is 116 cm³/mol. The summed E-state index contributed by atoms with van der Waals surface area (Å²) in [5, 5.41) is 10.1. The molecule has 3 rings (SSSR count). The minimum absolute atomic E-state index is 0.268. The fraction of sp³-hybridized carbons (Fsp3) is 0.0870. The molecule has 3 aromatic carbocycles. The molecule has 0 saturated carbocycles. The zero-order valence-corrected chi connectivity index (χ0v) is 17.8. The number of hydrogen-bond acceptors (Lipinski definition) is 3. The van der Waals surface area contributed by atoms with Crippen molar-refractivity contribution in [2.75, 3.05) is 7.11 Å². The summed E-state index contributed by atoms with van der Waals surface area (Å²) in [5.41, 5.74) is 2.78. The van der Waals surface area contributed by atoms with E-state index < -0.39 is 0 Å². The van der Waals surface area contributed by atoms with Crippen LogP contribution in [0.4, 0.5) is 4.39 Å². The topological polar surface area (TPSA) is 42.2 Å². The van der Waals surface area contributed by atoms with Gasteiger partial charge in [-0.3, -0.25) is 0 Å². The molecule has 0 radical (unpaired) electrons. The monoisotopic (exact) mass is 471 g/mol. The number of nitriles is 1. The highest BCUT2D eigenvalue weighted by atomic mass is 79.9. The van der Waals surface area contributed by atoms with Gasteiger partial charge in [0.25, 0.3) is 0 Å². The van der Waals surface area contributed by atoms with Crippen molar-refractivity contribution >= 4 is 39.2 Å². The number of benzene rings is 3. The third-order valence-corrected chi connectivity index (χ3v) is 5.07. The maximum atomic E-state index is 13.0. The molecule has 29 heavy (non-hydrogen) atoms. The lowest BCUT2D eigenvalue weighted by Gasteiger charge is -2.13. The highest BCUT2D eigenvalue weighted by Gasteiger charge is 2.11. The van der Waals surface area contributed by atoms with E-state index in [4.69, 9.17) is 21.1 Å². The Hall–Kier alpha value is -2.81. The normalized spacial score (nSPS) is 11.1. The van der Waals surface area contributed by atoms with Crippen LogP contribution in [0, 0.1) is 17.1 Å². The van der Waals surface area contributed by atoms with Gasteiger partial charge in [0.15, 0.2) is 11.5 Å². The molecular formula is C23H16BrClFNO2. The summed E-state index contributed by atoms with van der Waals surface area (Å²) in [6.45, 7) is 0.268. The van der Waals surface area contributed by atoms with Crippen LogP contribution in [0.25, 0.3) is 11.6 Å². The Balaban J connectivity index is 1.89. The lowest BCUT2D eigenvalue weighted by atomic mass is 10.0. The second kappa shape index (κ2) is 9.60. The van der Waals surface area contributed by atoms with Crippen molar-refractivity contribution in [1.29, 1.82) is 5.26 Å². The average Bonchev–Trinajstić information content (AvgIpc) is 2.72. The SMILES string of the molecule is COc1cc(C=C(C#N)c2cccc(Cl)c2)c(Br)cc1OCc1ccc(F)cc1. The second-order valence-corrected chi connectivity index (χ2v) is 7.41. The Morgan fingerprint density at radius 2 is 1.90 bits per heavy atom. The van der Waals surface area contributed by atoms with Crippen molar-refractivity contribution in [3.05, 3.63) is 92.7 Å². The van der Waals surface area contributed by atoms with Crippen LogP contribution in [0.5, 0.6) is 11.5 Å². The predicted octanol–water partition coefficient (Wildman–Crippen LogP) is 6.89. The van der Waals surface area contributed by atoms with E-state index in [9.17, 15) is 9.65 Å². The third kappa shape index (κ3) is 5.38. The molecule has 0 aliphatic carbocycles. The third-order valence-electron chi connectivity index (χ3n) is 4.15. The van der Waals surface area contributed by atoms with Crippen LogP contribution >= 0.6 is 27.5 Å². The van der Waals surface area contributed by atoms with Crippen molar-refractivity contribution < 1.29 is 13.9 Å². The lowest BCUT2D eigenvalue weighted by Crippen LogP contribution is -1.98. The van der Waals surface area contributed by atoms with Gasteiger partial charge in [-0.2, -0.15) is 5.26 Å². The summed E-state index contributed by atoms with van der Waals surface area (Å²) in [5.74, 6) is 0.755. The van der Waals surface area contributed by atoms with Crippen LogP contribution in [-0.2, 0) is 6.61 Å². The van der Waals surface area contributed by atoms with E-state index in [2.05, 4.69) is 22.0 Å². The molecule has 0 unspecified atom stereocenters. The van der Waals surface area contributed by atoms with Crippen LogP contribution in [0.2, 0.25) is 5.02 Å². The van der Waals surface area contributed by atoms with Gasteiger partial charge in [-0.05, 0) is 59.2 Å². The highest BCUT2D eigenvalue weighted by molar-refractivity contribution is 9.10. The number of allylic oxidation sites excluding steroid dienone is 1. The van der Waals surface area contributed by atoms with Crippen LogP contribution < -0.4 is 9.47 Å². The van der Waals surface area contributed by atoms with Crippen LogP contribution in [0.15, 0.2) is 65.1 Å². The van der Waals surface area contributed by atoms with Crippen LogP contribution in [-0.4, -0.2) is 7.11 Å². The van der Waals surface area contributed by atoms with E-state index in [0.717, 1.165) is 21.2 Å². The fourth-order valence-corrected chi connectivity index (χ4v) is 3.29. The molecule has 0 spiro atoms. The summed E-state index contributed by atoms with van der Waals surface area (Å²) < 4.78 is 25.1. The van der Waals surface area contributed by atoms with Gasteiger partial charge in [0.1, 0.15) is 12.4 Å². The number of halogens is 3. The average molecular weight is 473 g/mol. The molecule has 0 saturated heterocycles. The van der Waals surface area contributed by atoms with Crippen molar-refractivity contribution in [2.45, 2.75) is 6.61 Å². The molecular weight excluding hydrogens is 457 g/mol. The van der Waals surface area contributed by atoms with E-state index in [1.165, 1.54) is 12.1 Å². The van der Waals surface area contributed by atoms with E-state index in [-0.39, 0.29) is 12.4 Å². The van der Waals surface area contributed by atoms with Crippen molar-refractivity contribution in [3.8, 4) is 17.6 Å². The Kier molecular flexibility index (Phi) is 6.92. The van der Waals surface area contributed by atoms with Crippen LogP contribution in [0.1, 0.15) is 16.7 Å². The lowest BCUT2D eigenvalue weighted by molar-refractivity contribution is 0.284. The molecule has 0 bridgehead atoms. The first-order valence-corrected chi connectivity index (χ1v) is 9.80. The van der Waals surface area contributed by atoms with Gasteiger partial charge in [0, 0.05) is 9.50 Å². The van der Waals surface area contributed by atoms with E-state index in [1.54, 1.807) is 55.7 Å². The van der Waals surface area contributed by atoms with Gasteiger partial charge in [-0.15, -0.1) is 0 Å². The number of rotatable bonds is 6. The first-order valence-electron chi connectivity index (χ1n) is 8.62. The van der Waals surface area contributed by atoms with Crippen molar-refractivity contribution in [1.82, 2.24) is 0 Å². The molecule has 0 N–H and O–H groups in total. The second-order valence-electron chi connectivity index (χ2n) is 6.12. The fourth-order valence-electron chi connectivity index (χ4n) is 2.67. The largest absolute Gasteiger partial charge is 0.493 e. The van der Waals surface area contributed by atoms with E-state index in [0.29, 0.717) is 22.1 Å². The molecule has 0 aromatic heterocycles. The molecule has 0 heterocycles. The minimum atomic E-state index is -0.293. The molecule has 3 nitrogen and oxygen atoms in total. The van der Waals surface area contributed by atoms with Crippen molar-refractivity contribution in [2.24, 2.45) is 0 Å². The molecule has 0 fully saturated rings. The molecule has 0 aliphatic rings.